The number of aromatic nitrogens is 2. The topological polar surface area (TPSA) is 44.1 Å². The van der Waals surface area contributed by atoms with Crippen molar-refractivity contribution in [2.75, 3.05) is 12.9 Å². The number of benzene rings is 2. The molecule has 1 aliphatic heterocycles. The van der Waals surface area contributed by atoms with Gasteiger partial charge >= 0.3 is 0 Å². The number of thioether (sulfide) groups is 2. The molecule has 1 aliphatic rings. The van der Waals surface area contributed by atoms with Crippen LogP contribution in [0.3, 0.4) is 0 Å². The van der Waals surface area contributed by atoms with E-state index in [1.165, 1.54) is 0 Å². The Hall–Kier alpha value is -1.89. The lowest BCUT2D eigenvalue weighted by molar-refractivity contribution is 0.411. The van der Waals surface area contributed by atoms with E-state index in [9.17, 15) is 4.79 Å². The number of ether oxygens (including phenoxy) is 1. The van der Waals surface area contributed by atoms with Crippen molar-refractivity contribution in [2.24, 2.45) is 0 Å². The highest BCUT2D eigenvalue weighted by Gasteiger charge is 2.23. The van der Waals surface area contributed by atoms with Gasteiger partial charge in [-0.2, -0.15) is 0 Å². The van der Waals surface area contributed by atoms with Gasteiger partial charge in [0, 0.05) is 22.9 Å². The predicted molar refractivity (Wildman–Crippen MR) is 112 cm³/mol. The van der Waals surface area contributed by atoms with Crippen molar-refractivity contribution >= 4 is 35.1 Å². The van der Waals surface area contributed by atoms with Crippen LogP contribution in [0.4, 0.5) is 0 Å². The first-order valence-corrected chi connectivity index (χ1v) is 10.8. The zero-order chi connectivity index (χ0) is 18.8. The minimum absolute atomic E-state index is 0.0226. The van der Waals surface area contributed by atoms with Gasteiger partial charge in [-0.05, 0) is 29.8 Å². The molecule has 0 saturated heterocycles. The quantitative estimate of drug-likeness (QED) is 0.440. The first-order chi connectivity index (χ1) is 13.2. The molecule has 0 amide bonds. The summed E-state index contributed by atoms with van der Waals surface area (Å²) in [6.07, 6.45) is 0.830. The molecule has 0 radical (unpaired) electrons. The summed E-state index contributed by atoms with van der Waals surface area (Å²) in [4.78, 5) is 18.8. The minimum Gasteiger partial charge on any atom is -0.495 e. The average molecular weight is 417 g/mol. The van der Waals surface area contributed by atoms with Gasteiger partial charge in [-0.3, -0.25) is 9.36 Å². The summed E-state index contributed by atoms with van der Waals surface area (Å²) in [6, 6.07) is 15.3. The third-order valence-electron chi connectivity index (χ3n) is 4.27. The summed E-state index contributed by atoms with van der Waals surface area (Å²) in [5.74, 6) is 2.25. The maximum absolute atomic E-state index is 13.2. The molecule has 0 saturated carbocycles. The van der Waals surface area contributed by atoms with E-state index < -0.39 is 0 Å². The second kappa shape index (κ2) is 8.00. The van der Waals surface area contributed by atoms with Crippen molar-refractivity contribution in [1.29, 1.82) is 0 Å². The second-order valence-electron chi connectivity index (χ2n) is 6.00. The largest absolute Gasteiger partial charge is 0.495 e. The third kappa shape index (κ3) is 3.74. The number of hydrogen-bond acceptors (Lipinski definition) is 5. The first-order valence-electron chi connectivity index (χ1n) is 8.46. The SMILES string of the molecule is COc1ccccc1-n1c(SCc2ccc(Cl)cc2)nc2c(c1=O)SCC2. The Morgan fingerprint density at radius 1 is 1.22 bits per heavy atom. The van der Waals surface area contributed by atoms with Crippen LogP contribution in [0, 0.1) is 0 Å². The van der Waals surface area contributed by atoms with E-state index in [1.54, 1.807) is 35.2 Å². The number of para-hydroxylation sites is 2. The number of fused-ring (bicyclic) bond motifs is 1. The van der Waals surface area contributed by atoms with Crippen molar-refractivity contribution in [2.45, 2.75) is 22.2 Å². The minimum atomic E-state index is -0.0226. The molecule has 0 atom stereocenters. The van der Waals surface area contributed by atoms with Gasteiger partial charge in [0.15, 0.2) is 5.16 Å². The van der Waals surface area contributed by atoms with Crippen LogP contribution in [0.5, 0.6) is 5.75 Å². The van der Waals surface area contributed by atoms with Crippen LogP contribution in [0.25, 0.3) is 5.69 Å². The number of rotatable bonds is 5. The Labute approximate surface area is 170 Å². The van der Waals surface area contributed by atoms with E-state index in [0.29, 0.717) is 27.4 Å². The fraction of sp³-hybridized carbons (Fsp3) is 0.200. The number of methoxy groups -OCH3 is 1. The van der Waals surface area contributed by atoms with Crippen LogP contribution in [0.1, 0.15) is 11.3 Å². The van der Waals surface area contributed by atoms with Gasteiger partial charge in [0.2, 0.25) is 0 Å². The first kappa shape index (κ1) is 18.5. The van der Waals surface area contributed by atoms with Gasteiger partial charge in [0.05, 0.1) is 23.4 Å². The number of nitrogens with zero attached hydrogens (tertiary/aromatic N) is 2. The summed E-state index contributed by atoms with van der Waals surface area (Å²) in [6.45, 7) is 0. The van der Waals surface area contributed by atoms with Gasteiger partial charge in [0.25, 0.3) is 5.56 Å². The Morgan fingerprint density at radius 2 is 2.00 bits per heavy atom. The molecule has 4 rings (SSSR count). The summed E-state index contributed by atoms with van der Waals surface area (Å²) in [5.41, 5.74) is 2.71. The summed E-state index contributed by atoms with van der Waals surface area (Å²) >= 11 is 9.10. The van der Waals surface area contributed by atoms with Gasteiger partial charge in [-0.1, -0.05) is 47.6 Å². The zero-order valence-electron chi connectivity index (χ0n) is 14.6. The molecule has 4 nitrogen and oxygen atoms in total. The lowest BCUT2D eigenvalue weighted by atomic mass is 10.2. The molecule has 0 bridgehead atoms. The van der Waals surface area contributed by atoms with Crippen LogP contribution >= 0.6 is 35.1 Å². The van der Waals surface area contributed by atoms with Gasteiger partial charge in [-0.15, -0.1) is 11.8 Å². The number of aryl methyl sites for hydroxylation is 1. The van der Waals surface area contributed by atoms with Gasteiger partial charge in [-0.25, -0.2) is 4.98 Å². The van der Waals surface area contributed by atoms with E-state index in [2.05, 4.69) is 0 Å². The Balaban J connectivity index is 1.79. The average Bonchev–Trinajstić information content (AvgIpc) is 3.17. The molecule has 0 spiro atoms. The standard InChI is InChI=1S/C20H17ClN2O2S2/c1-25-17-5-3-2-4-16(17)23-19(24)18-15(10-11-26-18)22-20(23)27-12-13-6-8-14(21)9-7-13/h2-9H,10-12H2,1H3. The normalized spacial score (nSPS) is 12.8. The highest BCUT2D eigenvalue weighted by atomic mass is 35.5. The van der Waals surface area contributed by atoms with Crippen molar-refractivity contribution in [3.8, 4) is 11.4 Å². The van der Waals surface area contributed by atoms with Crippen molar-refractivity contribution in [1.82, 2.24) is 9.55 Å². The Bertz CT molecular complexity index is 1040. The second-order valence-corrected chi connectivity index (χ2v) is 8.48. The molecular weight excluding hydrogens is 400 g/mol. The number of halogens is 1. The van der Waals surface area contributed by atoms with Crippen LogP contribution in [-0.2, 0) is 12.2 Å². The monoisotopic (exact) mass is 416 g/mol. The summed E-state index contributed by atoms with van der Waals surface area (Å²) < 4.78 is 7.16. The fourth-order valence-corrected chi connectivity index (χ4v) is 5.07. The molecule has 0 unspecified atom stereocenters. The van der Waals surface area contributed by atoms with Crippen LogP contribution in [-0.4, -0.2) is 22.4 Å². The molecule has 2 heterocycles. The van der Waals surface area contributed by atoms with Crippen molar-refractivity contribution in [3.63, 3.8) is 0 Å². The van der Waals surface area contributed by atoms with Gasteiger partial charge < -0.3 is 4.74 Å². The van der Waals surface area contributed by atoms with E-state index >= 15 is 0 Å². The molecule has 0 N–H and O–H groups in total. The van der Waals surface area contributed by atoms with Crippen molar-refractivity contribution < 1.29 is 4.74 Å². The van der Waals surface area contributed by atoms with E-state index in [-0.39, 0.29) is 5.56 Å². The zero-order valence-corrected chi connectivity index (χ0v) is 17.0. The predicted octanol–water partition coefficient (Wildman–Crippen LogP) is 4.84. The maximum atomic E-state index is 13.2. The maximum Gasteiger partial charge on any atom is 0.272 e. The highest BCUT2D eigenvalue weighted by molar-refractivity contribution is 7.99. The van der Waals surface area contributed by atoms with E-state index in [1.807, 2.05) is 48.5 Å². The lowest BCUT2D eigenvalue weighted by Crippen LogP contribution is -2.24. The molecule has 3 aromatic rings. The molecule has 0 fully saturated rings. The molecule has 0 aliphatic carbocycles. The lowest BCUT2D eigenvalue weighted by Gasteiger charge is -2.16. The van der Waals surface area contributed by atoms with Crippen LogP contribution in [0.15, 0.2) is 63.4 Å². The fourth-order valence-electron chi connectivity index (χ4n) is 2.94. The number of hydrogen-bond donors (Lipinski definition) is 0. The molecular formula is C20H17ClN2O2S2. The third-order valence-corrected chi connectivity index (χ3v) is 6.64. The van der Waals surface area contributed by atoms with E-state index in [0.717, 1.165) is 28.3 Å². The molecule has 1 aromatic heterocycles. The summed E-state index contributed by atoms with van der Waals surface area (Å²) in [7, 11) is 1.61. The van der Waals surface area contributed by atoms with Gasteiger partial charge in [0.1, 0.15) is 5.75 Å². The Kier molecular flexibility index (Phi) is 5.48. The van der Waals surface area contributed by atoms with Crippen LogP contribution < -0.4 is 10.3 Å². The molecule has 138 valence electrons. The van der Waals surface area contributed by atoms with E-state index in [4.69, 9.17) is 21.3 Å². The summed E-state index contributed by atoms with van der Waals surface area (Å²) in [5, 5.41) is 1.39. The molecule has 2 aromatic carbocycles. The molecule has 27 heavy (non-hydrogen) atoms. The van der Waals surface area contributed by atoms with Crippen LogP contribution in [0.2, 0.25) is 5.02 Å². The smallest absolute Gasteiger partial charge is 0.272 e. The highest BCUT2D eigenvalue weighted by Crippen LogP contribution is 2.33. The molecule has 7 heteroatoms. The van der Waals surface area contributed by atoms with Crippen molar-refractivity contribution in [3.05, 3.63) is 75.2 Å². The Morgan fingerprint density at radius 3 is 2.78 bits per heavy atom.